The largest absolute Gasteiger partial charge is 0.383 e. The smallest absolute Gasteiger partial charge is 0.352 e. The second kappa shape index (κ2) is 5.40. The molecule has 0 saturated heterocycles. The maximum Gasteiger partial charge on any atom is 0.352 e. The van der Waals surface area contributed by atoms with Crippen LogP contribution < -0.4 is 11.1 Å². The maximum atomic E-state index is 14.0. The normalized spacial score (nSPS) is 18.4. The van der Waals surface area contributed by atoms with E-state index >= 15 is 0 Å². The second-order valence-electron chi connectivity index (χ2n) is 5.18. The summed E-state index contributed by atoms with van der Waals surface area (Å²) >= 11 is 0. The summed E-state index contributed by atoms with van der Waals surface area (Å²) < 4.78 is 27.9. The molecule has 1 aliphatic carbocycles. The number of nitrogens with two attached hydrogens (primary N) is 1. The van der Waals surface area contributed by atoms with Crippen LogP contribution in [0.4, 0.5) is 8.78 Å². The Hall–Kier alpha value is -2.02. The lowest BCUT2D eigenvalue weighted by Gasteiger charge is -2.41. The molecule has 1 fully saturated rings. The lowest BCUT2D eigenvalue weighted by Crippen LogP contribution is -2.61. The molecule has 4 N–H and O–H groups in total. The Morgan fingerprint density at radius 1 is 1.29 bits per heavy atom. The van der Waals surface area contributed by atoms with Crippen LogP contribution in [-0.2, 0) is 9.59 Å². The molecule has 0 bridgehead atoms. The number of rotatable bonds is 5. The highest BCUT2D eigenvalue weighted by molar-refractivity contribution is 5.91. The molecule has 0 spiro atoms. The highest BCUT2D eigenvalue weighted by Crippen LogP contribution is 2.44. The van der Waals surface area contributed by atoms with E-state index < -0.39 is 29.4 Å². The molecule has 1 atom stereocenters. The van der Waals surface area contributed by atoms with Gasteiger partial charge in [-0.25, -0.2) is 0 Å². The van der Waals surface area contributed by atoms with Crippen LogP contribution in [-0.4, -0.2) is 28.4 Å². The van der Waals surface area contributed by atoms with Crippen molar-refractivity contribution in [3.8, 4) is 0 Å². The number of halogens is 2. The van der Waals surface area contributed by atoms with Gasteiger partial charge in [-0.2, -0.15) is 8.78 Å². The number of hydrogen-bond donors (Lipinski definition) is 3. The van der Waals surface area contributed by atoms with Gasteiger partial charge in [-0.1, -0.05) is 30.3 Å². The van der Waals surface area contributed by atoms with Gasteiger partial charge in [0.1, 0.15) is 11.6 Å². The molecule has 1 saturated carbocycles. The van der Waals surface area contributed by atoms with Crippen molar-refractivity contribution in [2.75, 3.05) is 0 Å². The van der Waals surface area contributed by atoms with E-state index in [2.05, 4.69) is 0 Å². The van der Waals surface area contributed by atoms with E-state index in [0.29, 0.717) is 12.0 Å². The van der Waals surface area contributed by atoms with Crippen LogP contribution in [0.25, 0.3) is 0 Å². The fraction of sp³-hybridized carbons (Fsp3) is 0.429. The summed E-state index contributed by atoms with van der Waals surface area (Å²) in [6.07, 6.45) is 0.122. The molecule has 2 rings (SSSR count). The van der Waals surface area contributed by atoms with Gasteiger partial charge in [0.15, 0.2) is 0 Å². The average molecular weight is 298 g/mol. The molecule has 1 aromatic rings. The fourth-order valence-electron chi connectivity index (χ4n) is 2.22. The lowest BCUT2D eigenvalue weighted by atomic mass is 9.75. The molecule has 5 nitrogen and oxygen atoms in total. The minimum Gasteiger partial charge on any atom is -0.383 e. The molecule has 2 amide bonds. The number of amides is 2. The predicted molar refractivity (Wildman–Crippen MR) is 70.3 cm³/mol. The molecule has 0 aliphatic heterocycles. The molecule has 21 heavy (non-hydrogen) atoms. The van der Waals surface area contributed by atoms with Gasteiger partial charge in [-0.3, -0.25) is 9.59 Å². The van der Waals surface area contributed by atoms with Crippen molar-refractivity contribution in [3.63, 3.8) is 0 Å². The third-order valence-electron chi connectivity index (χ3n) is 3.74. The highest BCUT2D eigenvalue weighted by Gasteiger charge is 2.61. The maximum absolute atomic E-state index is 14.0. The van der Waals surface area contributed by atoms with E-state index in [1.54, 1.807) is 18.2 Å². The number of carbonyl (C=O) groups excluding carboxylic acids is 2. The Morgan fingerprint density at radius 2 is 1.86 bits per heavy atom. The van der Waals surface area contributed by atoms with Crippen molar-refractivity contribution in [2.24, 2.45) is 5.73 Å². The number of carbonyl (C=O) groups is 2. The molecule has 1 aromatic carbocycles. The summed E-state index contributed by atoms with van der Waals surface area (Å²) in [5.74, 6) is -6.61. The van der Waals surface area contributed by atoms with Gasteiger partial charge in [0.25, 0.3) is 5.91 Å². The van der Waals surface area contributed by atoms with Crippen LogP contribution in [0.1, 0.15) is 30.9 Å². The summed E-state index contributed by atoms with van der Waals surface area (Å²) in [6.45, 7) is 0. The van der Waals surface area contributed by atoms with Gasteiger partial charge in [0, 0.05) is 0 Å². The van der Waals surface area contributed by atoms with E-state index in [4.69, 9.17) is 5.73 Å². The molecular formula is C14H16F2N2O3. The molecule has 7 heteroatoms. The summed E-state index contributed by atoms with van der Waals surface area (Å²) in [7, 11) is 0. The van der Waals surface area contributed by atoms with Crippen LogP contribution >= 0.6 is 0 Å². The summed E-state index contributed by atoms with van der Waals surface area (Å²) in [5.41, 5.74) is 3.12. The topological polar surface area (TPSA) is 92.4 Å². The van der Waals surface area contributed by atoms with Gasteiger partial charge in [0.05, 0.1) is 0 Å². The zero-order valence-electron chi connectivity index (χ0n) is 11.2. The Labute approximate surface area is 120 Å². The van der Waals surface area contributed by atoms with E-state index in [-0.39, 0.29) is 12.8 Å². The van der Waals surface area contributed by atoms with Crippen molar-refractivity contribution in [1.29, 1.82) is 0 Å². The average Bonchev–Trinajstić information content (AvgIpc) is 2.42. The van der Waals surface area contributed by atoms with Crippen LogP contribution in [0.2, 0.25) is 0 Å². The third-order valence-corrected chi connectivity index (χ3v) is 3.74. The fourth-order valence-corrected chi connectivity index (χ4v) is 2.22. The Balaban J connectivity index is 2.18. The van der Waals surface area contributed by atoms with E-state index in [1.165, 1.54) is 12.1 Å². The van der Waals surface area contributed by atoms with Crippen molar-refractivity contribution < 1.29 is 23.5 Å². The van der Waals surface area contributed by atoms with Gasteiger partial charge in [0.2, 0.25) is 5.91 Å². The number of alkyl halides is 2. The third kappa shape index (κ3) is 2.73. The standard InChI is InChI=1S/C14H16F2N2O3/c15-14(16,13(21)7-4-8-13)12(20)18-10(11(17)19)9-5-2-1-3-6-9/h1-3,5-6,10,21H,4,7-8H2,(H2,17,19)(H,18,20). The molecule has 1 unspecified atom stereocenters. The molecule has 1 aliphatic rings. The minimum atomic E-state index is -3.96. The van der Waals surface area contributed by atoms with E-state index in [9.17, 15) is 23.5 Å². The van der Waals surface area contributed by atoms with Gasteiger partial charge >= 0.3 is 5.92 Å². The zero-order valence-corrected chi connectivity index (χ0v) is 11.2. The van der Waals surface area contributed by atoms with Crippen molar-refractivity contribution in [1.82, 2.24) is 5.32 Å². The first-order valence-corrected chi connectivity index (χ1v) is 6.53. The molecule has 0 heterocycles. The summed E-state index contributed by atoms with van der Waals surface area (Å²) in [5, 5.41) is 11.6. The minimum absolute atomic E-state index is 0.153. The van der Waals surface area contributed by atoms with Gasteiger partial charge in [-0.15, -0.1) is 0 Å². The van der Waals surface area contributed by atoms with E-state index in [1.807, 2.05) is 5.32 Å². The first-order chi connectivity index (χ1) is 9.78. The van der Waals surface area contributed by atoms with Crippen molar-refractivity contribution in [3.05, 3.63) is 35.9 Å². The molecular weight excluding hydrogens is 282 g/mol. The van der Waals surface area contributed by atoms with Crippen molar-refractivity contribution >= 4 is 11.8 Å². The van der Waals surface area contributed by atoms with E-state index in [0.717, 1.165) is 0 Å². The molecule has 114 valence electrons. The van der Waals surface area contributed by atoms with Crippen molar-refractivity contribution in [2.45, 2.75) is 36.8 Å². The predicted octanol–water partition coefficient (Wildman–Crippen LogP) is 0.879. The summed E-state index contributed by atoms with van der Waals surface area (Å²) in [4.78, 5) is 23.2. The summed E-state index contributed by atoms with van der Waals surface area (Å²) in [6, 6.07) is 6.48. The Morgan fingerprint density at radius 3 is 2.29 bits per heavy atom. The van der Waals surface area contributed by atoms with Gasteiger partial charge in [-0.05, 0) is 24.8 Å². The zero-order chi connectivity index (χ0) is 15.7. The first-order valence-electron chi connectivity index (χ1n) is 6.53. The number of nitrogens with one attached hydrogen (secondary N) is 1. The number of benzene rings is 1. The first kappa shape index (κ1) is 15.4. The quantitative estimate of drug-likeness (QED) is 0.753. The lowest BCUT2D eigenvalue weighted by molar-refractivity contribution is -0.216. The van der Waals surface area contributed by atoms with Crippen LogP contribution in [0.15, 0.2) is 30.3 Å². The monoisotopic (exact) mass is 298 g/mol. The molecule has 0 aromatic heterocycles. The SMILES string of the molecule is NC(=O)C(NC(=O)C(F)(F)C1(O)CCC1)c1ccccc1. The Kier molecular flexibility index (Phi) is 3.95. The number of aliphatic hydroxyl groups is 1. The molecule has 0 radical (unpaired) electrons. The second-order valence-corrected chi connectivity index (χ2v) is 5.18. The Bertz CT molecular complexity index is 544. The van der Waals surface area contributed by atoms with Crippen LogP contribution in [0.5, 0.6) is 0 Å². The van der Waals surface area contributed by atoms with Crippen LogP contribution in [0.3, 0.4) is 0 Å². The number of primary amides is 1. The van der Waals surface area contributed by atoms with Crippen LogP contribution in [0, 0.1) is 0 Å². The highest BCUT2D eigenvalue weighted by atomic mass is 19.3. The number of hydrogen-bond acceptors (Lipinski definition) is 3. The van der Waals surface area contributed by atoms with Gasteiger partial charge < -0.3 is 16.2 Å².